The molecular weight excluding hydrogens is 327 g/mol. The molecule has 118 valence electrons. The summed E-state index contributed by atoms with van der Waals surface area (Å²) in [6, 6.07) is 0. The highest BCUT2D eigenvalue weighted by Gasteiger charge is 2.37. The number of fused-ring (bicyclic) bond motifs is 1. The van der Waals surface area contributed by atoms with Gasteiger partial charge in [-0.15, -0.1) is 0 Å². The molecule has 0 bridgehead atoms. The molecule has 8 heteroatoms. The van der Waals surface area contributed by atoms with Gasteiger partial charge in [0.05, 0.1) is 11.7 Å². The van der Waals surface area contributed by atoms with Crippen LogP contribution in [0.25, 0.3) is 11.2 Å². The van der Waals surface area contributed by atoms with E-state index in [0.717, 1.165) is 19.4 Å². The van der Waals surface area contributed by atoms with Gasteiger partial charge in [-0.05, 0) is 50.1 Å². The van der Waals surface area contributed by atoms with Crippen LogP contribution in [0.5, 0.6) is 0 Å². The van der Waals surface area contributed by atoms with E-state index in [-0.39, 0.29) is 5.28 Å². The molecule has 0 atom stereocenters. The largest absolute Gasteiger partial charge is 0.481 e. The molecule has 0 aromatic carbocycles. The topological polar surface area (TPSA) is 80.9 Å². The predicted octanol–water partition coefficient (Wildman–Crippen LogP) is 3.41. The SMILES string of the molecule is CC1(C(=O)O)CCC(Cn2cnc3nc(Cl)nc(Cl)c32)CC1. The summed E-state index contributed by atoms with van der Waals surface area (Å²) in [6.45, 7) is 2.56. The Hall–Kier alpha value is -1.40. The highest BCUT2D eigenvalue weighted by molar-refractivity contribution is 6.35. The average molecular weight is 343 g/mol. The normalized spacial score (nSPS) is 25.5. The standard InChI is InChI=1S/C14H16Cl2N4O2/c1-14(12(21)22)4-2-8(3-5-14)6-20-7-17-11-9(20)10(15)18-13(16)19-11/h7-8H,2-6H2,1H3,(H,21,22). The third kappa shape index (κ3) is 2.77. The number of halogens is 2. The Bertz CT molecular complexity index is 723. The van der Waals surface area contributed by atoms with E-state index in [2.05, 4.69) is 15.0 Å². The van der Waals surface area contributed by atoms with Crippen LogP contribution in [0.2, 0.25) is 10.4 Å². The summed E-state index contributed by atoms with van der Waals surface area (Å²) in [4.78, 5) is 23.5. The number of hydrogen-bond donors (Lipinski definition) is 1. The molecule has 0 radical (unpaired) electrons. The van der Waals surface area contributed by atoms with Crippen LogP contribution in [-0.4, -0.2) is 30.6 Å². The molecule has 0 saturated heterocycles. The van der Waals surface area contributed by atoms with E-state index in [1.807, 2.05) is 11.5 Å². The summed E-state index contributed by atoms with van der Waals surface area (Å²) in [6.07, 6.45) is 4.81. The third-order valence-electron chi connectivity index (χ3n) is 4.58. The van der Waals surface area contributed by atoms with Gasteiger partial charge in [0.15, 0.2) is 10.8 Å². The Morgan fingerprint density at radius 1 is 1.41 bits per heavy atom. The van der Waals surface area contributed by atoms with Crippen molar-refractivity contribution in [1.29, 1.82) is 0 Å². The smallest absolute Gasteiger partial charge is 0.309 e. The van der Waals surface area contributed by atoms with E-state index in [0.29, 0.717) is 35.1 Å². The van der Waals surface area contributed by atoms with Gasteiger partial charge in [0.2, 0.25) is 5.28 Å². The van der Waals surface area contributed by atoms with Gasteiger partial charge < -0.3 is 9.67 Å². The lowest BCUT2D eigenvalue weighted by molar-refractivity contribution is -0.150. The number of hydrogen-bond acceptors (Lipinski definition) is 4. The maximum atomic E-state index is 11.3. The van der Waals surface area contributed by atoms with Gasteiger partial charge in [-0.3, -0.25) is 4.79 Å². The molecular formula is C14H16Cl2N4O2. The quantitative estimate of drug-likeness (QED) is 0.682. The fourth-order valence-electron chi connectivity index (χ4n) is 3.04. The highest BCUT2D eigenvalue weighted by atomic mass is 35.5. The van der Waals surface area contributed by atoms with Gasteiger partial charge in [0.1, 0.15) is 5.52 Å². The number of rotatable bonds is 3. The van der Waals surface area contributed by atoms with Gasteiger partial charge in [-0.25, -0.2) is 9.97 Å². The zero-order valence-corrected chi connectivity index (χ0v) is 13.6. The minimum atomic E-state index is -0.704. The van der Waals surface area contributed by atoms with Crippen LogP contribution in [0, 0.1) is 11.3 Å². The van der Waals surface area contributed by atoms with Crippen molar-refractivity contribution >= 4 is 40.3 Å². The van der Waals surface area contributed by atoms with E-state index in [1.54, 1.807) is 6.33 Å². The number of carboxylic acids is 1. The van der Waals surface area contributed by atoms with Crippen LogP contribution < -0.4 is 0 Å². The summed E-state index contributed by atoms with van der Waals surface area (Å²) in [7, 11) is 0. The minimum absolute atomic E-state index is 0.0811. The fraction of sp³-hybridized carbons (Fsp3) is 0.571. The summed E-state index contributed by atoms with van der Waals surface area (Å²) >= 11 is 11.9. The second-order valence-corrected chi connectivity index (χ2v) is 6.86. The van der Waals surface area contributed by atoms with Crippen molar-refractivity contribution in [2.45, 2.75) is 39.2 Å². The summed E-state index contributed by atoms with van der Waals surface area (Å²) in [5.41, 5.74) is 0.565. The summed E-state index contributed by atoms with van der Waals surface area (Å²) in [5.74, 6) is -0.304. The minimum Gasteiger partial charge on any atom is -0.481 e. The third-order valence-corrected chi connectivity index (χ3v) is 5.01. The fourth-order valence-corrected chi connectivity index (χ4v) is 3.52. The summed E-state index contributed by atoms with van der Waals surface area (Å²) in [5, 5.41) is 9.65. The monoisotopic (exact) mass is 342 g/mol. The number of nitrogens with zero attached hydrogens (tertiary/aromatic N) is 4. The zero-order valence-electron chi connectivity index (χ0n) is 12.1. The van der Waals surface area contributed by atoms with E-state index in [4.69, 9.17) is 23.2 Å². The van der Waals surface area contributed by atoms with Crippen molar-refractivity contribution < 1.29 is 9.90 Å². The molecule has 3 rings (SSSR count). The van der Waals surface area contributed by atoms with Crippen LogP contribution in [0.4, 0.5) is 0 Å². The molecule has 2 heterocycles. The number of carbonyl (C=O) groups is 1. The molecule has 1 saturated carbocycles. The Morgan fingerprint density at radius 2 is 2.09 bits per heavy atom. The Morgan fingerprint density at radius 3 is 2.73 bits per heavy atom. The van der Waals surface area contributed by atoms with E-state index in [1.165, 1.54) is 0 Å². The predicted molar refractivity (Wildman–Crippen MR) is 83.0 cm³/mol. The first kappa shape index (κ1) is 15.5. The molecule has 1 aliphatic rings. The Labute approximate surface area is 137 Å². The molecule has 2 aromatic rings. The van der Waals surface area contributed by atoms with Gasteiger partial charge >= 0.3 is 5.97 Å². The number of imidazole rings is 1. The first-order chi connectivity index (χ1) is 10.4. The van der Waals surface area contributed by atoms with E-state index in [9.17, 15) is 9.90 Å². The van der Waals surface area contributed by atoms with Crippen LogP contribution in [-0.2, 0) is 11.3 Å². The van der Waals surface area contributed by atoms with Crippen LogP contribution in [0.1, 0.15) is 32.6 Å². The lowest BCUT2D eigenvalue weighted by Crippen LogP contribution is -2.33. The molecule has 0 unspecified atom stereocenters. The van der Waals surface area contributed by atoms with Crippen molar-refractivity contribution in [2.75, 3.05) is 0 Å². The van der Waals surface area contributed by atoms with Crippen LogP contribution >= 0.6 is 23.2 Å². The zero-order chi connectivity index (χ0) is 15.9. The maximum absolute atomic E-state index is 11.3. The average Bonchev–Trinajstić information content (AvgIpc) is 2.84. The van der Waals surface area contributed by atoms with E-state index < -0.39 is 11.4 Å². The van der Waals surface area contributed by atoms with Gasteiger partial charge in [0, 0.05) is 6.54 Å². The first-order valence-electron chi connectivity index (χ1n) is 7.16. The molecule has 2 aromatic heterocycles. The van der Waals surface area contributed by atoms with Crippen molar-refractivity contribution in [3.63, 3.8) is 0 Å². The molecule has 0 amide bonds. The highest BCUT2D eigenvalue weighted by Crippen LogP contribution is 2.39. The van der Waals surface area contributed by atoms with Crippen molar-refractivity contribution in [3.8, 4) is 0 Å². The molecule has 1 fully saturated rings. The Kier molecular flexibility index (Phi) is 3.99. The number of carboxylic acid groups (broad SMARTS) is 1. The molecule has 0 spiro atoms. The van der Waals surface area contributed by atoms with Gasteiger partial charge in [-0.2, -0.15) is 4.98 Å². The van der Waals surface area contributed by atoms with Crippen molar-refractivity contribution in [3.05, 3.63) is 16.8 Å². The van der Waals surface area contributed by atoms with E-state index >= 15 is 0 Å². The maximum Gasteiger partial charge on any atom is 0.309 e. The van der Waals surface area contributed by atoms with Crippen LogP contribution in [0.3, 0.4) is 0 Å². The van der Waals surface area contributed by atoms with Gasteiger partial charge in [0.25, 0.3) is 0 Å². The Balaban J connectivity index is 1.77. The molecule has 6 nitrogen and oxygen atoms in total. The van der Waals surface area contributed by atoms with Crippen molar-refractivity contribution in [2.24, 2.45) is 11.3 Å². The molecule has 1 N–H and O–H groups in total. The number of aromatic nitrogens is 4. The molecule has 22 heavy (non-hydrogen) atoms. The second-order valence-electron chi connectivity index (χ2n) is 6.16. The van der Waals surface area contributed by atoms with Gasteiger partial charge in [-0.1, -0.05) is 11.6 Å². The first-order valence-corrected chi connectivity index (χ1v) is 7.92. The van der Waals surface area contributed by atoms with Crippen LogP contribution in [0.15, 0.2) is 6.33 Å². The number of aliphatic carboxylic acids is 1. The molecule has 0 aliphatic heterocycles. The second kappa shape index (κ2) is 5.66. The lowest BCUT2D eigenvalue weighted by atomic mass is 9.72. The summed E-state index contributed by atoms with van der Waals surface area (Å²) < 4.78 is 1.93. The molecule has 1 aliphatic carbocycles. The lowest BCUT2D eigenvalue weighted by Gasteiger charge is -2.34. The van der Waals surface area contributed by atoms with Crippen molar-refractivity contribution in [1.82, 2.24) is 19.5 Å².